The highest BCUT2D eigenvalue weighted by Gasteiger charge is 2.40. The zero-order valence-electron chi connectivity index (χ0n) is 19.6. The van der Waals surface area contributed by atoms with Crippen molar-refractivity contribution >= 4 is 35.0 Å². The molecule has 1 saturated heterocycles. The molecule has 3 aromatic carbocycles. The van der Waals surface area contributed by atoms with Gasteiger partial charge in [0.1, 0.15) is 17.5 Å². The van der Waals surface area contributed by atoms with Crippen molar-refractivity contribution in [1.29, 1.82) is 0 Å². The Kier molecular flexibility index (Phi) is 6.52. The molecule has 36 heavy (non-hydrogen) atoms. The molecule has 1 fully saturated rings. The number of rotatable bonds is 5. The number of carbonyl (C=O) groups is 3. The van der Waals surface area contributed by atoms with Crippen LogP contribution in [0.1, 0.15) is 10.4 Å². The average molecular weight is 506 g/mol. The van der Waals surface area contributed by atoms with E-state index in [1.54, 1.807) is 54.5 Å². The van der Waals surface area contributed by atoms with Crippen LogP contribution in [-0.4, -0.2) is 66.9 Å². The largest absolute Gasteiger partial charge is 0.496 e. The number of ether oxygens (including phenoxy) is 2. The second-order valence-electron chi connectivity index (χ2n) is 8.55. The van der Waals surface area contributed by atoms with E-state index in [2.05, 4.69) is 5.32 Å². The molecular weight excluding hydrogens is 482 g/mol. The van der Waals surface area contributed by atoms with Crippen molar-refractivity contribution in [2.24, 2.45) is 0 Å². The second kappa shape index (κ2) is 9.91. The molecule has 1 N–H and O–H groups in total. The summed E-state index contributed by atoms with van der Waals surface area (Å²) in [5.74, 6) is 0.359. The third kappa shape index (κ3) is 4.59. The molecule has 3 aromatic rings. The van der Waals surface area contributed by atoms with Gasteiger partial charge in [-0.25, -0.2) is 0 Å². The summed E-state index contributed by atoms with van der Waals surface area (Å²) in [5.41, 5.74) is 2.27. The van der Waals surface area contributed by atoms with Crippen molar-refractivity contribution in [2.75, 3.05) is 38.7 Å². The topological polar surface area (TPSA) is 88.2 Å². The third-order valence-electron chi connectivity index (χ3n) is 6.38. The van der Waals surface area contributed by atoms with E-state index in [1.807, 2.05) is 24.3 Å². The molecule has 0 radical (unpaired) electrons. The summed E-state index contributed by atoms with van der Waals surface area (Å²) in [6.45, 7) is 0.497. The van der Waals surface area contributed by atoms with E-state index in [-0.39, 0.29) is 37.4 Å². The van der Waals surface area contributed by atoms with Gasteiger partial charge in [-0.05, 0) is 48.0 Å². The van der Waals surface area contributed by atoms with E-state index in [4.69, 9.17) is 21.1 Å². The maximum atomic E-state index is 13.6. The number of hydrogen-bond acceptors (Lipinski definition) is 5. The van der Waals surface area contributed by atoms with Crippen LogP contribution in [0.25, 0.3) is 11.1 Å². The lowest BCUT2D eigenvalue weighted by Gasteiger charge is -2.39. The van der Waals surface area contributed by atoms with E-state index in [9.17, 15) is 14.4 Å². The van der Waals surface area contributed by atoms with Gasteiger partial charge in [0.05, 0.1) is 24.9 Å². The first kappa shape index (κ1) is 23.7. The molecule has 0 bridgehead atoms. The number of para-hydroxylation sites is 1. The normalized spacial score (nSPS) is 17.0. The lowest BCUT2D eigenvalue weighted by Crippen LogP contribution is -2.60. The van der Waals surface area contributed by atoms with E-state index in [0.717, 1.165) is 11.1 Å². The Morgan fingerprint density at radius 3 is 2.61 bits per heavy atom. The van der Waals surface area contributed by atoms with Crippen molar-refractivity contribution in [1.82, 2.24) is 9.80 Å². The Morgan fingerprint density at radius 2 is 1.83 bits per heavy atom. The lowest BCUT2D eigenvalue weighted by atomic mass is 10.00. The molecule has 5 rings (SSSR count). The first-order valence-electron chi connectivity index (χ1n) is 11.5. The minimum Gasteiger partial charge on any atom is -0.496 e. The number of anilines is 1. The maximum Gasteiger partial charge on any atom is 0.260 e. The zero-order valence-corrected chi connectivity index (χ0v) is 20.3. The molecule has 2 aliphatic rings. The van der Waals surface area contributed by atoms with Crippen LogP contribution in [0, 0.1) is 0 Å². The quantitative estimate of drug-likeness (QED) is 0.571. The molecule has 1 atom stereocenters. The minimum absolute atomic E-state index is 0.0948. The van der Waals surface area contributed by atoms with Crippen molar-refractivity contribution in [3.63, 3.8) is 0 Å². The Labute approximate surface area is 213 Å². The van der Waals surface area contributed by atoms with E-state index >= 15 is 0 Å². The Bertz CT molecular complexity index is 1330. The van der Waals surface area contributed by atoms with Crippen molar-refractivity contribution < 1.29 is 23.9 Å². The molecule has 2 heterocycles. The SMILES string of the molecule is COc1ccc(Cl)cc1-c1ccc2c(c1)C(=O)N1CCN(C(=O)COc3ccccc3)CC1C(=O)N2. The van der Waals surface area contributed by atoms with Gasteiger partial charge in [0.2, 0.25) is 5.91 Å². The molecule has 1 unspecified atom stereocenters. The smallest absolute Gasteiger partial charge is 0.260 e. The summed E-state index contributed by atoms with van der Waals surface area (Å²) < 4.78 is 11.0. The third-order valence-corrected chi connectivity index (χ3v) is 6.62. The number of nitrogens with one attached hydrogen (secondary N) is 1. The first-order valence-corrected chi connectivity index (χ1v) is 11.9. The molecule has 0 spiro atoms. The van der Waals surface area contributed by atoms with Crippen molar-refractivity contribution in [2.45, 2.75) is 6.04 Å². The molecule has 3 amide bonds. The van der Waals surface area contributed by atoms with Gasteiger partial charge in [-0.2, -0.15) is 0 Å². The first-order chi connectivity index (χ1) is 17.4. The van der Waals surface area contributed by atoms with Crippen molar-refractivity contribution in [3.05, 3.63) is 77.3 Å². The highest BCUT2D eigenvalue weighted by atomic mass is 35.5. The predicted molar refractivity (Wildman–Crippen MR) is 135 cm³/mol. The van der Waals surface area contributed by atoms with Gasteiger partial charge in [0.25, 0.3) is 11.8 Å². The summed E-state index contributed by atoms with van der Waals surface area (Å²) in [6, 6.07) is 18.8. The highest BCUT2D eigenvalue weighted by Crippen LogP contribution is 2.36. The summed E-state index contributed by atoms with van der Waals surface area (Å²) in [7, 11) is 1.57. The highest BCUT2D eigenvalue weighted by molar-refractivity contribution is 6.31. The molecule has 8 nitrogen and oxygen atoms in total. The van der Waals surface area contributed by atoms with Crippen LogP contribution in [-0.2, 0) is 9.59 Å². The molecular formula is C27H24ClN3O5. The van der Waals surface area contributed by atoms with Crippen LogP contribution >= 0.6 is 11.6 Å². The van der Waals surface area contributed by atoms with Crippen LogP contribution in [0.15, 0.2) is 66.7 Å². The van der Waals surface area contributed by atoms with Crippen molar-refractivity contribution in [3.8, 4) is 22.6 Å². The van der Waals surface area contributed by atoms with Crippen LogP contribution < -0.4 is 14.8 Å². The zero-order chi connectivity index (χ0) is 25.2. The minimum atomic E-state index is -0.802. The number of methoxy groups -OCH3 is 1. The fourth-order valence-corrected chi connectivity index (χ4v) is 4.68. The Hall–Kier alpha value is -4.04. The molecule has 0 aliphatic carbocycles. The maximum absolute atomic E-state index is 13.6. The molecule has 2 aliphatic heterocycles. The number of amides is 3. The van der Waals surface area contributed by atoms with Gasteiger partial charge in [-0.3, -0.25) is 14.4 Å². The van der Waals surface area contributed by atoms with E-state index in [1.165, 1.54) is 4.90 Å². The number of halogens is 1. The van der Waals surface area contributed by atoms with Crippen LogP contribution in [0.2, 0.25) is 5.02 Å². The predicted octanol–water partition coefficient (Wildman–Crippen LogP) is 3.70. The van der Waals surface area contributed by atoms with E-state index in [0.29, 0.717) is 34.3 Å². The summed E-state index contributed by atoms with van der Waals surface area (Å²) >= 11 is 6.20. The number of piperazine rings is 1. The van der Waals surface area contributed by atoms with Gasteiger partial charge in [-0.1, -0.05) is 35.9 Å². The number of nitrogens with zero attached hydrogens (tertiary/aromatic N) is 2. The molecule has 0 saturated carbocycles. The average Bonchev–Trinajstić information content (AvgIpc) is 3.01. The number of hydrogen-bond donors (Lipinski definition) is 1. The second-order valence-corrected chi connectivity index (χ2v) is 8.99. The molecule has 9 heteroatoms. The van der Waals surface area contributed by atoms with E-state index < -0.39 is 6.04 Å². The summed E-state index contributed by atoms with van der Waals surface area (Å²) in [4.78, 5) is 42.5. The monoisotopic (exact) mass is 505 g/mol. The molecule has 0 aromatic heterocycles. The molecule has 184 valence electrons. The Morgan fingerprint density at radius 1 is 1.03 bits per heavy atom. The van der Waals surface area contributed by atoms with Gasteiger partial charge in [0.15, 0.2) is 6.61 Å². The number of fused-ring (bicyclic) bond motifs is 2. The summed E-state index contributed by atoms with van der Waals surface area (Å²) in [5, 5.41) is 3.40. The summed E-state index contributed by atoms with van der Waals surface area (Å²) in [6.07, 6.45) is 0. The standard InChI is InChI=1S/C27H24ClN3O5/c1-35-24-10-8-18(28)14-20(24)17-7-9-22-21(13-17)27(34)31-12-11-30(15-23(31)26(33)29-22)25(32)16-36-19-5-3-2-4-6-19/h2-10,13-14,23H,11-12,15-16H2,1H3,(H,29,33). The van der Waals surface area contributed by atoms with Gasteiger partial charge in [-0.15, -0.1) is 0 Å². The van der Waals surface area contributed by atoms with Gasteiger partial charge < -0.3 is 24.6 Å². The lowest BCUT2D eigenvalue weighted by molar-refractivity contribution is -0.137. The fourth-order valence-electron chi connectivity index (χ4n) is 4.50. The Balaban J connectivity index is 1.36. The number of carbonyl (C=O) groups excluding carboxylic acids is 3. The van der Waals surface area contributed by atoms with Crippen LogP contribution in [0.4, 0.5) is 5.69 Å². The van der Waals surface area contributed by atoms with Crippen LogP contribution in [0.3, 0.4) is 0 Å². The fraction of sp³-hybridized carbons (Fsp3) is 0.222. The van der Waals surface area contributed by atoms with Crippen LogP contribution in [0.5, 0.6) is 11.5 Å². The van der Waals surface area contributed by atoms with Gasteiger partial charge in [0, 0.05) is 23.7 Å². The number of benzene rings is 3. The van der Waals surface area contributed by atoms with Gasteiger partial charge >= 0.3 is 0 Å².